The topological polar surface area (TPSA) is 49.2 Å². The summed E-state index contributed by atoms with van der Waals surface area (Å²) in [6.45, 7) is 2.87. The zero-order valence-electron chi connectivity index (χ0n) is 14.6. The largest absolute Gasteiger partial charge is 0.508 e. The number of hydrogen-bond acceptors (Lipinski definition) is 4. The lowest BCUT2D eigenvalue weighted by molar-refractivity contribution is 0.212. The third kappa shape index (κ3) is 2.76. The van der Waals surface area contributed by atoms with E-state index in [0.717, 1.165) is 30.8 Å². The molecule has 130 valence electrons. The van der Waals surface area contributed by atoms with Gasteiger partial charge in [0.05, 0.1) is 0 Å². The van der Waals surface area contributed by atoms with Gasteiger partial charge in [-0.3, -0.25) is 14.9 Å². The Labute approximate surface area is 153 Å². The molecule has 1 saturated carbocycles. The Kier molecular flexibility index (Phi) is 3.54. The first-order valence-corrected chi connectivity index (χ1v) is 9.11. The Morgan fingerprint density at radius 2 is 1.88 bits per heavy atom. The first kappa shape index (κ1) is 15.5. The summed E-state index contributed by atoms with van der Waals surface area (Å²) in [6.07, 6.45) is 9.97. The van der Waals surface area contributed by atoms with Crippen molar-refractivity contribution < 1.29 is 5.11 Å². The number of phenols is 1. The van der Waals surface area contributed by atoms with Crippen molar-refractivity contribution in [3.05, 3.63) is 77.9 Å². The van der Waals surface area contributed by atoms with E-state index in [2.05, 4.69) is 33.1 Å². The molecule has 0 unspecified atom stereocenters. The van der Waals surface area contributed by atoms with Crippen LogP contribution in [0.1, 0.15) is 29.5 Å². The van der Waals surface area contributed by atoms with Gasteiger partial charge >= 0.3 is 0 Å². The molecule has 1 aliphatic carbocycles. The fraction of sp³-hybridized carbons (Fsp3) is 0.273. The number of phenolic OH excluding ortho intramolecular Hbond substituents is 1. The molecule has 1 spiro atoms. The van der Waals surface area contributed by atoms with Crippen molar-refractivity contribution >= 4 is 0 Å². The van der Waals surface area contributed by atoms with Gasteiger partial charge in [-0.15, -0.1) is 0 Å². The minimum Gasteiger partial charge on any atom is -0.508 e. The lowest BCUT2D eigenvalue weighted by Gasteiger charge is -2.35. The van der Waals surface area contributed by atoms with Crippen LogP contribution < -0.4 is 0 Å². The first-order chi connectivity index (χ1) is 12.7. The van der Waals surface area contributed by atoms with Gasteiger partial charge in [0.15, 0.2) is 0 Å². The van der Waals surface area contributed by atoms with Crippen molar-refractivity contribution in [1.82, 2.24) is 14.9 Å². The Bertz CT molecular complexity index is 951. The molecule has 0 bridgehead atoms. The molecule has 0 saturated heterocycles. The molecule has 0 atom stereocenters. The van der Waals surface area contributed by atoms with Crippen LogP contribution in [0.2, 0.25) is 0 Å². The molecule has 5 rings (SSSR count). The van der Waals surface area contributed by atoms with E-state index in [4.69, 9.17) is 0 Å². The molecule has 2 aliphatic rings. The molecule has 1 N–H and O–H groups in total. The van der Waals surface area contributed by atoms with Gasteiger partial charge in [-0.1, -0.05) is 12.1 Å². The standard InChI is InChI=1S/C22H21N3O/c26-20-4-3-18-14-25(15-22(5-6-22)21(18)9-20)13-16-8-19(12-24-10-16)17-2-1-7-23-11-17/h1-4,7-12,26H,5-6,13-15H2. The van der Waals surface area contributed by atoms with Crippen LogP contribution in [0, 0.1) is 0 Å². The third-order valence-electron chi connectivity index (χ3n) is 5.63. The van der Waals surface area contributed by atoms with E-state index in [1.165, 1.54) is 29.5 Å². The normalized spacial score (nSPS) is 17.8. The van der Waals surface area contributed by atoms with Crippen LogP contribution in [-0.2, 0) is 18.5 Å². The SMILES string of the molecule is Oc1ccc2c(c1)C1(CC1)CN(Cc1cncc(-c3cccnc3)c1)C2. The van der Waals surface area contributed by atoms with Gasteiger partial charge < -0.3 is 5.11 Å². The zero-order chi connectivity index (χ0) is 17.6. The Morgan fingerprint density at radius 3 is 2.69 bits per heavy atom. The second-order valence-corrected chi connectivity index (χ2v) is 7.59. The molecule has 26 heavy (non-hydrogen) atoms. The van der Waals surface area contributed by atoms with Crippen molar-refractivity contribution in [2.45, 2.75) is 31.3 Å². The highest BCUT2D eigenvalue weighted by molar-refractivity contribution is 5.61. The lowest BCUT2D eigenvalue weighted by Crippen LogP contribution is -2.37. The van der Waals surface area contributed by atoms with E-state index in [-0.39, 0.29) is 5.41 Å². The summed E-state index contributed by atoms with van der Waals surface area (Å²) in [5.41, 5.74) is 6.39. The number of rotatable bonds is 3. The zero-order valence-corrected chi connectivity index (χ0v) is 14.6. The highest BCUT2D eigenvalue weighted by atomic mass is 16.3. The van der Waals surface area contributed by atoms with Crippen molar-refractivity contribution in [3.8, 4) is 16.9 Å². The maximum Gasteiger partial charge on any atom is 0.115 e. The first-order valence-electron chi connectivity index (χ1n) is 9.11. The Balaban J connectivity index is 1.40. The van der Waals surface area contributed by atoms with Gasteiger partial charge in [-0.25, -0.2) is 0 Å². The Morgan fingerprint density at radius 1 is 1.00 bits per heavy atom. The maximum absolute atomic E-state index is 9.86. The minimum absolute atomic E-state index is 0.251. The highest BCUT2D eigenvalue weighted by Gasteiger charge is 2.49. The summed E-state index contributed by atoms with van der Waals surface area (Å²) in [5, 5.41) is 9.86. The smallest absolute Gasteiger partial charge is 0.115 e. The molecule has 1 fully saturated rings. The second-order valence-electron chi connectivity index (χ2n) is 7.59. The number of pyridine rings is 2. The lowest BCUT2D eigenvalue weighted by atomic mass is 9.86. The summed E-state index contributed by atoms with van der Waals surface area (Å²) < 4.78 is 0. The summed E-state index contributed by atoms with van der Waals surface area (Å²) in [7, 11) is 0. The van der Waals surface area contributed by atoms with Crippen molar-refractivity contribution in [2.24, 2.45) is 0 Å². The minimum atomic E-state index is 0.251. The molecule has 1 aliphatic heterocycles. The van der Waals surface area contributed by atoms with Crippen LogP contribution >= 0.6 is 0 Å². The average molecular weight is 343 g/mol. The quantitative estimate of drug-likeness (QED) is 0.784. The number of fused-ring (bicyclic) bond motifs is 2. The molecule has 0 amide bonds. The second kappa shape index (κ2) is 5.92. The fourth-order valence-electron chi connectivity index (χ4n) is 4.22. The Hall–Kier alpha value is -2.72. The average Bonchev–Trinajstić information content (AvgIpc) is 3.43. The van der Waals surface area contributed by atoms with Gasteiger partial charge in [-0.05, 0) is 53.8 Å². The maximum atomic E-state index is 9.86. The van der Waals surface area contributed by atoms with Gasteiger partial charge in [0.25, 0.3) is 0 Å². The van der Waals surface area contributed by atoms with Crippen molar-refractivity contribution in [3.63, 3.8) is 0 Å². The predicted molar refractivity (Wildman–Crippen MR) is 101 cm³/mol. The molecule has 0 radical (unpaired) electrons. The van der Waals surface area contributed by atoms with Gasteiger partial charge in [-0.2, -0.15) is 0 Å². The molecule has 3 heterocycles. The van der Waals surface area contributed by atoms with Crippen LogP contribution in [0.4, 0.5) is 0 Å². The molecular formula is C22H21N3O. The number of aromatic nitrogens is 2. The summed E-state index contributed by atoms with van der Waals surface area (Å²) >= 11 is 0. The molecule has 1 aromatic carbocycles. The van der Waals surface area contributed by atoms with Crippen LogP contribution in [0.15, 0.2) is 61.2 Å². The van der Waals surface area contributed by atoms with Gasteiger partial charge in [0.2, 0.25) is 0 Å². The van der Waals surface area contributed by atoms with E-state index in [0.29, 0.717) is 5.75 Å². The van der Waals surface area contributed by atoms with Crippen LogP contribution in [0.3, 0.4) is 0 Å². The number of hydrogen-bond donors (Lipinski definition) is 1. The molecule has 2 aromatic heterocycles. The summed E-state index contributed by atoms with van der Waals surface area (Å²) in [4.78, 5) is 11.2. The molecule has 3 aromatic rings. The van der Waals surface area contributed by atoms with E-state index in [1.807, 2.05) is 36.8 Å². The number of aromatic hydroxyl groups is 1. The fourth-order valence-corrected chi connectivity index (χ4v) is 4.22. The van der Waals surface area contributed by atoms with Crippen molar-refractivity contribution in [2.75, 3.05) is 6.54 Å². The highest BCUT2D eigenvalue weighted by Crippen LogP contribution is 2.53. The van der Waals surface area contributed by atoms with E-state index < -0.39 is 0 Å². The van der Waals surface area contributed by atoms with Gasteiger partial charge in [0, 0.05) is 61.0 Å². The van der Waals surface area contributed by atoms with E-state index in [9.17, 15) is 5.11 Å². The van der Waals surface area contributed by atoms with E-state index >= 15 is 0 Å². The van der Waals surface area contributed by atoms with E-state index in [1.54, 1.807) is 6.20 Å². The number of nitrogens with zero attached hydrogens (tertiary/aromatic N) is 3. The van der Waals surface area contributed by atoms with Crippen LogP contribution in [-0.4, -0.2) is 26.5 Å². The number of benzene rings is 1. The van der Waals surface area contributed by atoms with Crippen molar-refractivity contribution in [1.29, 1.82) is 0 Å². The van der Waals surface area contributed by atoms with Gasteiger partial charge in [0.1, 0.15) is 5.75 Å². The van der Waals surface area contributed by atoms with Crippen LogP contribution in [0.5, 0.6) is 5.75 Å². The predicted octanol–water partition coefficient (Wildman–Crippen LogP) is 3.90. The third-order valence-corrected chi connectivity index (χ3v) is 5.63. The summed E-state index contributed by atoms with van der Waals surface area (Å²) in [5.74, 6) is 0.386. The summed E-state index contributed by atoms with van der Waals surface area (Å²) in [6, 6.07) is 12.1. The monoisotopic (exact) mass is 343 g/mol. The van der Waals surface area contributed by atoms with Crippen LogP contribution in [0.25, 0.3) is 11.1 Å². The molecule has 4 nitrogen and oxygen atoms in total. The molecule has 4 heteroatoms. The molecular weight excluding hydrogens is 322 g/mol.